The maximum absolute atomic E-state index is 13.3. The highest BCUT2D eigenvalue weighted by atomic mass is 79.9. The van der Waals surface area contributed by atoms with Crippen LogP contribution in [0.4, 0.5) is 4.39 Å². The van der Waals surface area contributed by atoms with Gasteiger partial charge in [-0.3, -0.25) is 4.79 Å². The first-order valence-electron chi connectivity index (χ1n) is 5.70. The molecule has 0 atom stereocenters. The Bertz CT molecular complexity index is 615. The van der Waals surface area contributed by atoms with Gasteiger partial charge in [0.1, 0.15) is 23.6 Å². The molecule has 0 N–H and O–H groups in total. The second-order valence-electron chi connectivity index (χ2n) is 4.31. The number of hydrogen-bond acceptors (Lipinski definition) is 2. The Morgan fingerprint density at radius 2 is 1.63 bits per heavy atom. The van der Waals surface area contributed by atoms with E-state index in [1.807, 2.05) is 26.0 Å². The average molecular weight is 323 g/mol. The number of aldehydes is 1. The van der Waals surface area contributed by atoms with Crippen LogP contribution in [0.5, 0.6) is 11.5 Å². The molecule has 19 heavy (non-hydrogen) atoms. The fraction of sp³-hybridized carbons (Fsp3) is 0.133. The highest BCUT2D eigenvalue weighted by Crippen LogP contribution is 2.30. The zero-order valence-electron chi connectivity index (χ0n) is 10.5. The maximum Gasteiger partial charge on any atom is 0.150 e. The summed E-state index contributed by atoms with van der Waals surface area (Å²) in [5, 5.41) is 0. The molecule has 0 unspecified atom stereocenters. The fourth-order valence-corrected chi connectivity index (χ4v) is 2.04. The SMILES string of the molecule is Cc1cc(Oc2cc(F)cc(C=O)c2)cc(C)c1Br. The van der Waals surface area contributed by atoms with Gasteiger partial charge < -0.3 is 4.74 Å². The zero-order chi connectivity index (χ0) is 14.0. The number of ether oxygens (including phenoxy) is 1. The van der Waals surface area contributed by atoms with Gasteiger partial charge in [-0.2, -0.15) is 0 Å². The number of carbonyl (C=O) groups is 1. The summed E-state index contributed by atoms with van der Waals surface area (Å²) in [7, 11) is 0. The molecule has 0 heterocycles. The number of hydrogen-bond donors (Lipinski definition) is 0. The van der Waals surface area contributed by atoms with E-state index in [1.165, 1.54) is 12.1 Å². The van der Waals surface area contributed by atoms with Crippen LogP contribution in [0.25, 0.3) is 0 Å². The Balaban J connectivity index is 2.36. The number of rotatable bonds is 3. The minimum absolute atomic E-state index is 0.251. The highest BCUT2D eigenvalue weighted by Gasteiger charge is 2.06. The van der Waals surface area contributed by atoms with Crippen molar-refractivity contribution in [1.29, 1.82) is 0 Å². The van der Waals surface area contributed by atoms with Gasteiger partial charge in [0.05, 0.1) is 0 Å². The largest absolute Gasteiger partial charge is 0.457 e. The molecule has 0 radical (unpaired) electrons. The Kier molecular flexibility index (Phi) is 4.00. The summed E-state index contributed by atoms with van der Waals surface area (Å²) in [4.78, 5) is 10.7. The van der Waals surface area contributed by atoms with Crippen molar-refractivity contribution in [3.63, 3.8) is 0 Å². The standard InChI is InChI=1S/C15H12BrFO2/c1-9-3-13(4-10(2)15(9)16)19-14-6-11(8-18)5-12(17)7-14/h3-8H,1-2H3. The fourth-order valence-electron chi connectivity index (χ4n) is 1.81. The molecule has 4 heteroatoms. The molecule has 2 aromatic carbocycles. The van der Waals surface area contributed by atoms with Gasteiger partial charge >= 0.3 is 0 Å². The molecule has 2 nitrogen and oxygen atoms in total. The molecule has 0 amide bonds. The Hall–Kier alpha value is -1.68. The van der Waals surface area contributed by atoms with E-state index in [4.69, 9.17) is 4.74 Å². The van der Waals surface area contributed by atoms with Crippen LogP contribution in [0.1, 0.15) is 21.5 Å². The van der Waals surface area contributed by atoms with Crippen LogP contribution < -0.4 is 4.74 Å². The minimum atomic E-state index is -0.495. The van der Waals surface area contributed by atoms with Crippen LogP contribution in [0, 0.1) is 19.7 Å². The summed E-state index contributed by atoms with van der Waals surface area (Å²) >= 11 is 3.47. The summed E-state index contributed by atoms with van der Waals surface area (Å²) in [6.07, 6.45) is 0.591. The van der Waals surface area contributed by atoms with E-state index in [9.17, 15) is 9.18 Å². The van der Waals surface area contributed by atoms with Crippen LogP contribution in [-0.4, -0.2) is 6.29 Å². The molecule has 0 fully saturated rings. The van der Waals surface area contributed by atoms with Gasteiger partial charge in [0, 0.05) is 16.1 Å². The number of halogens is 2. The molecule has 0 saturated heterocycles. The summed E-state index contributed by atoms with van der Waals surface area (Å²) in [5.74, 6) is 0.425. The Morgan fingerprint density at radius 3 is 2.21 bits per heavy atom. The summed E-state index contributed by atoms with van der Waals surface area (Å²) in [5.41, 5.74) is 2.31. The van der Waals surface area contributed by atoms with Crippen molar-refractivity contribution < 1.29 is 13.9 Å². The number of aryl methyl sites for hydroxylation is 2. The van der Waals surface area contributed by atoms with Gasteiger partial charge in [-0.05, 0) is 49.2 Å². The summed E-state index contributed by atoms with van der Waals surface area (Å²) in [6, 6.07) is 7.62. The first-order valence-corrected chi connectivity index (χ1v) is 6.49. The van der Waals surface area contributed by atoms with Gasteiger partial charge in [-0.15, -0.1) is 0 Å². The molecule has 0 aliphatic rings. The van der Waals surface area contributed by atoms with Gasteiger partial charge in [-0.25, -0.2) is 4.39 Å². The van der Waals surface area contributed by atoms with E-state index in [0.717, 1.165) is 21.7 Å². The second-order valence-corrected chi connectivity index (χ2v) is 5.10. The van der Waals surface area contributed by atoms with Crippen LogP contribution in [0.15, 0.2) is 34.8 Å². The van der Waals surface area contributed by atoms with E-state index < -0.39 is 5.82 Å². The minimum Gasteiger partial charge on any atom is -0.457 e. The van der Waals surface area contributed by atoms with Crippen LogP contribution in [0.2, 0.25) is 0 Å². The van der Waals surface area contributed by atoms with Crippen molar-refractivity contribution in [2.24, 2.45) is 0 Å². The lowest BCUT2D eigenvalue weighted by atomic mass is 10.1. The van der Waals surface area contributed by atoms with E-state index in [-0.39, 0.29) is 5.56 Å². The lowest BCUT2D eigenvalue weighted by Crippen LogP contribution is -1.91. The second kappa shape index (κ2) is 5.53. The number of benzene rings is 2. The first kappa shape index (κ1) is 13.7. The molecule has 98 valence electrons. The van der Waals surface area contributed by atoms with Gasteiger partial charge in [0.25, 0.3) is 0 Å². The third-order valence-electron chi connectivity index (χ3n) is 2.68. The maximum atomic E-state index is 13.3. The van der Waals surface area contributed by atoms with Gasteiger partial charge in [-0.1, -0.05) is 15.9 Å². The van der Waals surface area contributed by atoms with Crippen molar-refractivity contribution >= 4 is 22.2 Å². The number of carbonyl (C=O) groups excluding carboxylic acids is 1. The molecule has 0 aliphatic heterocycles. The predicted octanol–water partition coefficient (Wildman–Crippen LogP) is 4.81. The zero-order valence-corrected chi connectivity index (χ0v) is 12.1. The third-order valence-corrected chi connectivity index (χ3v) is 3.93. The normalized spacial score (nSPS) is 10.3. The molecule has 0 spiro atoms. The molecule has 0 aliphatic carbocycles. The molecule has 2 rings (SSSR count). The monoisotopic (exact) mass is 322 g/mol. The van der Waals surface area contributed by atoms with E-state index in [1.54, 1.807) is 0 Å². The molecule has 2 aromatic rings. The molecule has 0 bridgehead atoms. The van der Waals surface area contributed by atoms with Crippen molar-refractivity contribution in [3.05, 3.63) is 57.3 Å². The molecule has 0 aromatic heterocycles. The Morgan fingerprint density at radius 1 is 1.05 bits per heavy atom. The lowest BCUT2D eigenvalue weighted by Gasteiger charge is -2.10. The summed E-state index contributed by atoms with van der Waals surface area (Å²) in [6.45, 7) is 3.90. The van der Waals surface area contributed by atoms with Crippen molar-refractivity contribution in [2.75, 3.05) is 0 Å². The molecular weight excluding hydrogens is 311 g/mol. The third kappa shape index (κ3) is 3.20. The lowest BCUT2D eigenvalue weighted by molar-refractivity contribution is 0.112. The average Bonchev–Trinajstić information content (AvgIpc) is 2.35. The molecule has 0 saturated carbocycles. The van der Waals surface area contributed by atoms with Gasteiger partial charge in [0.15, 0.2) is 0 Å². The van der Waals surface area contributed by atoms with Crippen molar-refractivity contribution in [1.82, 2.24) is 0 Å². The highest BCUT2D eigenvalue weighted by molar-refractivity contribution is 9.10. The summed E-state index contributed by atoms with van der Waals surface area (Å²) < 4.78 is 19.9. The first-order chi connectivity index (χ1) is 8.99. The van der Waals surface area contributed by atoms with Gasteiger partial charge in [0.2, 0.25) is 0 Å². The van der Waals surface area contributed by atoms with Crippen LogP contribution >= 0.6 is 15.9 Å². The van der Waals surface area contributed by atoms with E-state index in [0.29, 0.717) is 17.8 Å². The van der Waals surface area contributed by atoms with Crippen molar-refractivity contribution in [2.45, 2.75) is 13.8 Å². The van der Waals surface area contributed by atoms with Crippen LogP contribution in [0.3, 0.4) is 0 Å². The van der Waals surface area contributed by atoms with Crippen LogP contribution in [-0.2, 0) is 0 Å². The van der Waals surface area contributed by atoms with E-state index >= 15 is 0 Å². The quantitative estimate of drug-likeness (QED) is 0.758. The topological polar surface area (TPSA) is 26.3 Å². The predicted molar refractivity (Wildman–Crippen MR) is 75.5 cm³/mol. The Labute approximate surface area is 119 Å². The van der Waals surface area contributed by atoms with E-state index in [2.05, 4.69) is 15.9 Å². The smallest absolute Gasteiger partial charge is 0.150 e. The van der Waals surface area contributed by atoms with Crippen molar-refractivity contribution in [3.8, 4) is 11.5 Å². The molecular formula is C15H12BrFO2.